The van der Waals surface area contributed by atoms with E-state index in [0.29, 0.717) is 6.61 Å². The summed E-state index contributed by atoms with van der Waals surface area (Å²) in [7, 11) is 0. The van der Waals surface area contributed by atoms with Crippen LogP contribution in [0.5, 0.6) is 0 Å². The Labute approximate surface area is 84.7 Å². The predicted octanol–water partition coefficient (Wildman–Crippen LogP) is 1.97. The number of ether oxygens (including phenoxy) is 1. The molecule has 1 atom stereocenters. The number of nitrogens with zero attached hydrogens (tertiary/aromatic N) is 1. The molecule has 14 heavy (non-hydrogen) atoms. The van der Waals surface area contributed by atoms with E-state index in [2.05, 4.69) is 11.8 Å². The molecule has 2 fully saturated rings. The summed E-state index contributed by atoms with van der Waals surface area (Å²) in [6.07, 6.45) is 2.68. The van der Waals surface area contributed by atoms with Crippen molar-refractivity contribution in [3.05, 3.63) is 11.9 Å². The maximum Gasteiger partial charge on any atom is 0.0866 e. The summed E-state index contributed by atoms with van der Waals surface area (Å²) >= 11 is 0. The molecule has 2 aliphatic rings. The molecule has 0 aromatic heterocycles. The normalized spacial score (nSPS) is 37.1. The average molecular weight is 199 g/mol. The van der Waals surface area contributed by atoms with Crippen LogP contribution in [0.15, 0.2) is 11.9 Å². The fraction of sp³-hybridized carbons (Fsp3) is 0.818. The molecule has 0 amide bonds. The fourth-order valence-corrected chi connectivity index (χ4v) is 2.58. The molecule has 0 aromatic carbocycles. The SMILES string of the molecule is CCN1CC/C(=C\F)[C@@]2(CCOC2)C1. The zero-order valence-corrected chi connectivity index (χ0v) is 8.76. The maximum atomic E-state index is 12.8. The molecule has 3 heteroatoms. The van der Waals surface area contributed by atoms with Crippen LogP contribution in [0.2, 0.25) is 0 Å². The van der Waals surface area contributed by atoms with Gasteiger partial charge >= 0.3 is 0 Å². The van der Waals surface area contributed by atoms with Crippen molar-refractivity contribution in [2.24, 2.45) is 5.41 Å². The monoisotopic (exact) mass is 199 g/mol. The highest BCUT2D eigenvalue weighted by atomic mass is 19.1. The molecular weight excluding hydrogens is 181 g/mol. The molecule has 0 radical (unpaired) electrons. The molecule has 0 N–H and O–H groups in total. The lowest BCUT2D eigenvalue weighted by atomic mass is 9.75. The quantitative estimate of drug-likeness (QED) is 0.640. The van der Waals surface area contributed by atoms with E-state index >= 15 is 0 Å². The standard InChI is InChI=1S/C11H18FNO/c1-2-13-5-3-10(7-12)11(8-13)4-6-14-9-11/h7H,2-6,8-9H2,1H3/b10-7+/t11-/m0/s1. The van der Waals surface area contributed by atoms with Crippen LogP contribution in [0.25, 0.3) is 0 Å². The third-order valence-electron chi connectivity index (χ3n) is 3.59. The zero-order valence-electron chi connectivity index (χ0n) is 8.76. The fourth-order valence-electron chi connectivity index (χ4n) is 2.58. The molecule has 2 rings (SSSR count). The first-order valence-electron chi connectivity index (χ1n) is 5.40. The van der Waals surface area contributed by atoms with Gasteiger partial charge in [-0.2, -0.15) is 0 Å². The van der Waals surface area contributed by atoms with Crippen molar-refractivity contribution >= 4 is 0 Å². The van der Waals surface area contributed by atoms with Crippen molar-refractivity contribution in [3.63, 3.8) is 0 Å². The lowest BCUT2D eigenvalue weighted by molar-refractivity contribution is 0.110. The first-order valence-corrected chi connectivity index (χ1v) is 5.40. The molecule has 2 saturated heterocycles. The number of hydrogen-bond acceptors (Lipinski definition) is 2. The van der Waals surface area contributed by atoms with Crippen LogP contribution in [0.4, 0.5) is 4.39 Å². The predicted molar refractivity (Wildman–Crippen MR) is 53.8 cm³/mol. The second-order valence-electron chi connectivity index (χ2n) is 4.34. The summed E-state index contributed by atoms with van der Waals surface area (Å²) in [6, 6.07) is 0. The van der Waals surface area contributed by atoms with Crippen LogP contribution >= 0.6 is 0 Å². The number of hydrogen-bond donors (Lipinski definition) is 0. The number of halogens is 1. The summed E-state index contributed by atoms with van der Waals surface area (Å²) in [4.78, 5) is 2.39. The average Bonchev–Trinajstić information content (AvgIpc) is 2.67. The van der Waals surface area contributed by atoms with E-state index in [9.17, 15) is 4.39 Å². The molecule has 0 aliphatic carbocycles. The Morgan fingerprint density at radius 1 is 1.64 bits per heavy atom. The van der Waals surface area contributed by atoms with Crippen LogP contribution in [0.3, 0.4) is 0 Å². The van der Waals surface area contributed by atoms with Crippen molar-refractivity contribution < 1.29 is 9.13 Å². The van der Waals surface area contributed by atoms with Crippen molar-refractivity contribution in [3.8, 4) is 0 Å². The van der Waals surface area contributed by atoms with Gasteiger partial charge in [0.25, 0.3) is 0 Å². The highest BCUT2D eigenvalue weighted by Crippen LogP contribution is 2.41. The number of likely N-dealkylation sites (tertiary alicyclic amines) is 1. The van der Waals surface area contributed by atoms with Gasteiger partial charge in [0.05, 0.1) is 12.9 Å². The molecule has 0 unspecified atom stereocenters. The highest BCUT2D eigenvalue weighted by Gasteiger charge is 2.42. The molecule has 2 heterocycles. The number of piperidine rings is 1. The molecular formula is C11H18FNO. The van der Waals surface area contributed by atoms with E-state index in [-0.39, 0.29) is 5.41 Å². The minimum absolute atomic E-state index is 0.00299. The third kappa shape index (κ3) is 1.59. The van der Waals surface area contributed by atoms with Gasteiger partial charge in [-0.15, -0.1) is 0 Å². The van der Waals surface area contributed by atoms with Gasteiger partial charge in [0, 0.05) is 25.1 Å². The smallest absolute Gasteiger partial charge is 0.0866 e. The van der Waals surface area contributed by atoms with E-state index in [4.69, 9.17) is 4.74 Å². The van der Waals surface area contributed by atoms with E-state index < -0.39 is 0 Å². The first kappa shape index (κ1) is 10.1. The van der Waals surface area contributed by atoms with Gasteiger partial charge < -0.3 is 9.64 Å². The molecule has 0 bridgehead atoms. The van der Waals surface area contributed by atoms with Crippen molar-refractivity contribution in [1.82, 2.24) is 4.90 Å². The second-order valence-corrected chi connectivity index (χ2v) is 4.34. The van der Waals surface area contributed by atoms with E-state index in [1.165, 1.54) is 0 Å². The second kappa shape index (κ2) is 3.99. The Bertz CT molecular complexity index is 233. The van der Waals surface area contributed by atoms with Crippen LogP contribution in [0.1, 0.15) is 19.8 Å². The Balaban J connectivity index is 2.16. The Kier molecular flexibility index (Phi) is 2.88. The summed E-state index contributed by atoms with van der Waals surface area (Å²) in [5.74, 6) is 0. The summed E-state index contributed by atoms with van der Waals surface area (Å²) in [5, 5.41) is 0. The van der Waals surface area contributed by atoms with Gasteiger partial charge in [0.1, 0.15) is 0 Å². The van der Waals surface area contributed by atoms with Crippen LogP contribution < -0.4 is 0 Å². The minimum atomic E-state index is 0.00299. The van der Waals surface area contributed by atoms with Crippen molar-refractivity contribution in [1.29, 1.82) is 0 Å². The van der Waals surface area contributed by atoms with E-state index in [0.717, 1.165) is 51.0 Å². The highest BCUT2D eigenvalue weighted by molar-refractivity contribution is 5.18. The molecule has 2 nitrogen and oxygen atoms in total. The Morgan fingerprint density at radius 2 is 2.50 bits per heavy atom. The van der Waals surface area contributed by atoms with Gasteiger partial charge in [-0.1, -0.05) is 6.92 Å². The summed E-state index contributed by atoms with van der Waals surface area (Å²) in [5.41, 5.74) is 0.975. The Morgan fingerprint density at radius 3 is 3.07 bits per heavy atom. The Hall–Kier alpha value is -0.410. The van der Waals surface area contributed by atoms with Crippen LogP contribution in [-0.2, 0) is 4.74 Å². The summed E-state index contributed by atoms with van der Waals surface area (Å²) < 4.78 is 18.2. The molecule has 0 saturated carbocycles. The van der Waals surface area contributed by atoms with Crippen molar-refractivity contribution in [2.45, 2.75) is 19.8 Å². The van der Waals surface area contributed by atoms with Gasteiger partial charge in [0.15, 0.2) is 0 Å². The molecule has 0 aromatic rings. The zero-order chi connectivity index (χ0) is 10.0. The lowest BCUT2D eigenvalue weighted by Gasteiger charge is -2.40. The maximum absolute atomic E-state index is 12.8. The van der Waals surface area contributed by atoms with Gasteiger partial charge in [0.2, 0.25) is 0 Å². The molecule has 2 aliphatic heterocycles. The van der Waals surface area contributed by atoms with Gasteiger partial charge in [-0.25, -0.2) is 4.39 Å². The van der Waals surface area contributed by atoms with Crippen LogP contribution in [0, 0.1) is 5.41 Å². The number of rotatable bonds is 1. The third-order valence-corrected chi connectivity index (χ3v) is 3.59. The van der Waals surface area contributed by atoms with Gasteiger partial charge in [-0.05, 0) is 25.0 Å². The topological polar surface area (TPSA) is 12.5 Å². The summed E-state index contributed by atoms with van der Waals surface area (Å²) in [6.45, 7) is 6.68. The van der Waals surface area contributed by atoms with Crippen molar-refractivity contribution in [2.75, 3.05) is 32.8 Å². The molecule has 1 spiro atoms. The van der Waals surface area contributed by atoms with Crippen LogP contribution in [-0.4, -0.2) is 37.7 Å². The van der Waals surface area contributed by atoms with E-state index in [1.54, 1.807) is 0 Å². The molecule has 80 valence electrons. The minimum Gasteiger partial charge on any atom is -0.380 e. The largest absolute Gasteiger partial charge is 0.380 e. The van der Waals surface area contributed by atoms with Gasteiger partial charge in [-0.3, -0.25) is 0 Å². The lowest BCUT2D eigenvalue weighted by Crippen LogP contribution is -2.45. The first-order chi connectivity index (χ1) is 6.80. The van der Waals surface area contributed by atoms with E-state index in [1.807, 2.05) is 0 Å².